The fourth-order valence-electron chi connectivity index (χ4n) is 2.48. The predicted octanol–water partition coefficient (Wildman–Crippen LogP) is 6.85. The first kappa shape index (κ1) is 28.9. The first-order valence-electron chi connectivity index (χ1n) is 10.8. The van der Waals surface area contributed by atoms with E-state index in [-0.39, 0.29) is 27.7 Å². The molecule has 0 aliphatic rings. The van der Waals surface area contributed by atoms with E-state index in [0.29, 0.717) is 6.42 Å². The molecule has 0 rings (SSSR count). The molecule has 0 aromatic carbocycles. The van der Waals surface area contributed by atoms with Crippen LogP contribution in [0, 0.1) is 0 Å². The van der Waals surface area contributed by atoms with Gasteiger partial charge in [-0.3, -0.25) is 4.55 Å². The van der Waals surface area contributed by atoms with Crippen molar-refractivity contribution in [3.63, 3.8) is 0 Å². The molecule has 0 fully saturated rings. The van der Waals surface area contributed by atoms with Crippen molar-refractivity contribution >= 4 is 31.5 Å². The normalized spacial score (nSPS) is 11.2. The van der Waals surface area contributed by atoms with Gasteiger partial charge in [-0.15, -0.1) is 0 Å². The second-order valence-electron chi connectivity index (χ2n) is 6.89. The molecule has 1 N–H and O–H groups in total. The molecule has 0 aliphatic heterocycles. The van der Waals surface area contributed by atoms with Gasteiger partial charge >= 0.3 is 79.9 Å². The maximum atomic E-state index is 10.2. The van der Waals surface area contributed by atoms with Crippen molar-refractivity contribution in [2.75, 3.05) is 6.61 Å². The van der Waals surface area contributed by atoms with Gasteiger partial charge in [0.15, 0.2) is 0 Å². The van der Waals surface area contributed by atoms with E-state index in [1.165, 1.54) is 70.6 Å². The van der Waals surface area contributed by atoms with E-state index < -0.39 is 10.4 Å². The van der Waals surface area contributed by atoms with Crippen molar-refractivity contribution in [1.82, 2.24) is 0 Å². The molecule has 0 heterocycles. The molecule has 0 atom stereocenters. The third-order valence-corrected chi connectivity index (χ3v) is 8.65. The van der Waals surface area contributed by atoms with Gasteiger partial charge in [-0.1, -0.05) is 64.7 Å². The maximum absolute atomic E-state index is 10.2. The zero-order chi connectivity index (χ0) is 19.9. The molecule has 0 saturated carbocycles. The third kappa shape index (κ3) is 32.3. The summed E-state index contributed by atoms with van der Waals surface area (Å²) in [6.45, 7) is 6.89. The third-order valence-electron chi connectivity index (χ3n) is 4.14. The van der Waals surface area contributed by atoms with Crippen LogP contribution >= 0.6 is 0 Å². The van der Waals surface area contributed by atoms with E-state index in [0.717, 1.165) is 12.8 Å². The van der Waals surface area contributed by atoms with Gasteiger partial charge in [0.25, 0.3) is 0 Å². The SMILES string of the molecule is CCCCCCCCCCCCOS(=O)(=O)O.CCC[CH2][Sn][CH2]CCC. The minimum atomic E-state index is -4.23. The summed E-state index contributed by atoms with van der Waals surface area (Å²) in [6.07, 6.45) is 17.7. The second kappa shape index (κ2) is 23.7. The van der Waals surface area contributed by atoms with Gasteiger partial charge < -0.3 is 0 Å². The summed E-state index contributed by atoms with van der Waals surface area (Å²) in [5.41, 5.74) is 0. The molecule has 0 aromatic heterocycles. The Balaban J connectivity index is 0. The van der Waals surface area contributed by atoms with Gasteiger partial charge in [-0.05, 0) is 6.42 Å². The van der Waals surface area contributed by atoms with Gasteiger partial charge in [0, 0.05) is 0 Å². The Bertz CT molecular complexity index is 342. The molecular weight excluding hydrogens is 455 g/mol. The fourth-order valence-corrected chi connectivity index (χ4v) is 6.97. The molecule has 0 aromatic rings. The Morgan fingerprint density at radius 2 is 1.04 bits per heavy atom. The van der Waals surface area contributed by atoms with Crippen LogP contribution < -0.4 is 0 Å². The van der Waals surface area contributed by atoms with Crippen molar-refractivity contribution in [1.29, 1.82) is 0 Å². The van der Waals surface area contributed by atoms with Crippen molar-refractivity contribution in [3.8, 4) is 0 Å². The van der Waals surface area contributed by atoms with Crippen molar-refractivity contribution in [2.24, 2.45) is 0 Å². The summed E-state index contributed by atoms with van der Waals surface area (Å²) < 4.78 is 36.2. The monoisotopic (exact) mass is 500 g/mol. The van der Waals surface area contributed by atoms with E-state index in [1.807, 2.05) is 0 Å². The van der Waals surface area contributed by atoms with E-state index in [2.05, 4.69) is 25.0 Å². The fraction of sp³-hybridized carbons (Fsp3) is 1.00. The topological polar surface area (TPSA) is 63.6 Å². The van der Waals surface area contributed by atoms with E-state index in [4.69, 9.17) is 4.55 Å². The first-order chi connectivity index (χ1) is 12.5. The molecule has 0 amide bonds. The van der Waals surface area contributed by atoms with Gasteiger partial charge in [-0.25, -0.2) is 4.18 Å². The molecule has 4 nitrogen and oxygen atoms in total. The minimum absolute atomic E-state index is 0.0926. The summed E-state index contributed by atoms with van der Waals surface area (Å²) >= 11 is 0.149. The average Bonchev–Trinajstić information content (AvgIpc) is 2.59. The standard InChI is InChI=1S/C12H26O4S.2C4H9.Sn/c1-2-3-4-5-6-7-8-9-10-11-12-16-17(13,14)15;2*1-3-4-2;/h2-12H2,1H3,(H,13,14,15);2*1,3-4H2,2H3;. The van der Waals surface area contributed by atoms with Gasteiger partial charge in [0.2, 0.25) is 0 Å². The molecule has 2 radical (unpaired) electrons. The molecule has 0 unspecified atom stereocenters. The summed E-state index contributed by atoms with van der Waals surface area (Å²) in [4.78, 5) is 0. The summed E-state index contributed by atoms with van der Waals surface area (Å²) in [6, 6.07) is 0. The van der Waals surface area contributed by atoms with Crippen LogP contribution in [0.2, 0.25) is 8.87 Å². The Labute approximate surface area is 174 Å². The average molecular weight is 499 g/mol. The number of unbranched alkanes of at least 4 members (excludes halogenated alkanes) is 11. The van der Waals surface area contributed by atoms with Gasteiger partial charge in [0.05, 0.1) is 6.61 Å². The molecular formula is C20H44O4SSn. The van der Waals surface area contributed by atoms with Crippen molar-refractivity contribution in [3.05, 3.63) is 0 Å². The summed E-state index contributed by atoms with van der Waals surface area (Å²) in [5, 5.41) is 0. The van der Waals surface area contributed by atoms with Gasteiger partial charge in [0.1, 0.15) is 0 Å². The van der Waals surface area contributed by atoms with Crippen LogP contribution in [0.1, 0.15) is 111 Å². The summed E-state index contributed by atoms with van der Waals surface area (Å²) in [5.74, 6) is 0. The van der Waals surface area contributed by atoms with Crippen LogP contribution in [0.15, 0.2) is 0 Å². The Kier molecular flexibility index (Phi) is 26.3. The van der Waals surface area contributed by atoms with Crippen LogP contribution in [-0.4, -0.2) is 40.7 Å². The van der Waals surface area contributed by atoms with Crippen molar-refractivity contribution in [2.45, 2.75) is 120 Å². The summed E-state index contributed by atoms with van der Waals surface area (Å²) in [7, 11) is -4.23. The Morgan fingerprint density at radius 3 is 1.42 bits per heavy atom. The van der Waals surface area contributed by atoms with E-state index in [9.17, 15) is 8.42 Å². The Hall–Kier alpha value is 0.669. The Morgan fingerprint density at radius 1 is 0.654 bits per heavy atom. The van der Waals surface area contributed by atoms with Crippen LogP contribution in [0.25, 0.3) is 0 Å². The van der Waals surface area contributed by atoms with Crippen LogP contribution in [0.5, 0.6) is 0 Å². The quantitative estimate of drug-likeness (QED) is 0.127. The van der Waals surface area contributed by atoms with E-state index in [1.54, 1.807) is 8.87 Å². The number of hydrogen-bond acceptors (Lipinski definition) is 3. The first-order valence-corrected chi connectivity index (χ1v) is 16.2. The zero-order valence-electron chi connectivity index (χ0n) is 17.6. The number of hydrogen-bond donors (Lipinski definition) is 1. The van der Waals surface area contributed by atoms with Crippen molar-refractivity contribution < 1.29 is 17.2 Å². The van der Waals surface area contributed by atoms with Crippen LogP contribution in [0.3, 0.4) is 0 Å². The number of rotatable bonds is 18. The molecule has 158 valence electrons. The molecule has 0 saturated heterocycles. The second-order valence-corrected chi connectivity index (χ2v) is 12.3. The molecule has 0 bridgehead atoms. The van der Waals surface area contributed by atoms with Crippen LogP contribution in [-0.2, 0) is 14.6 Å². The zero-order valence-corrected chi connectivity index (χ0v) is 21.3. The molecule has 0 spiro atoms. The van der Waals surface area contributed by atoms with Gasteiger partial charge in [-0.2, -0.15) is 8.42 Å². The molecule has 0 aliphatic carbocycles. The van der Waals surface area contributed by atoms with Crippen LogP contribution in [0.4, 0.5) is 0 Å². The van der Waals surface area contributed by atoms with E-state index >= 15 is 0 Å². The predicted molar refractivity (Wildman–Crippen MR) is 115 cm³/mol. The molecule has 6 heteroatoms. The molecule has 26 heavy (non-hydrogen) atoms.